The van der Waals surface area contributed by atoms with Crippen molar-refractivity contribution in [3.63, 3.8) is 0 Å². The van der Waals surface area contributed by atoms with E-state index in [1.54, 1.807) is 36.7 Å². The second-order valence-electron chi connectivity index (χ2n) is 7.08. The number of ether oxygens (including phenoxy) is 1. The maximum absolute atomic E-state index is 12.7. The minimum atomic E-state index is -3.60. The number of pyridine rings is 1. The smallest absolute Gasteiger partial charge is 0.240 e. The zero-order valence-corrected chi connectivity index (χ0v) is 19.0. The maximum Gasteiger partial charge on any atom is 0.240 e. The number of rotatable bonds is 11. The number of aromatic nitrogens is 1. The first-order valence-electron chi connectivity index (χ1n) is 9.87. The summed E-state index contributed by atoms with van der Waals surface area (Å²) in [6.45, 7) is 3.30. The van der Waals surface area contributed by atoms with Gasteiger partial charge in [0.25, 0.3) is 0 Å². The number of sulfonamides is 1. The number of aliphatic hydroxyl groups is 1. The number of benzene rings is 2. The fourth-order valence-electron chi connectivity index (χ4n) is 3.11. The monoisotopic (exact) mass is 465 g/mol. The molecule has 3 aromatic rings. The summed E-state index contributed by atoms with van der Waals surface area (Å²) >= 11 is 0. The van der Waals surface area contributed by atoms with E-state index in [4.69, 9.17) is 9.84 Å². The largest absolute Gasteiger partial charge is 0.491 e. The summed E-state index contributed by atoms with van der Waals surface area (Å²) in [6.07, 6.45) is 4.14. The molecule has 0 aliphatic rings. The van der Waals surface area contributed by atoms with Crippen LogP contribution in [0.2, 0.25) is 0 Å². The maximum atomic E-state index is 12.7. The van der Waals surface area contributed by atoms with Crippen molar-refractivity contribution in [1.82, 2.24) is 15.0 Å². The molecule has 1 aromatic heterocycles. The van der Waals surface area contributed by atoms with Gasteiger partial charge in [0.2, 0.25) is 10.0 Å². The van der Waals surface area contributed by atoms with Crippen molar-refractivity contribution in [2.45, 2.75) is 24.3 Å². The predicted molar refractivity (Wildman–Crippen MR) is 124 cm³/mol. The van der Waals surface area contributed by atoms with Gasteiger partial charge >= 0.3 is 0 Å². The van der Waals surface area contributed by atoms with E-state index < -0.39 is 10.0 Å². The number of hydrogen-bond donors (Lipinski definition) is 3. The van der Waals surface area contributed by atoms with Gasteiger partial charge in [-0.1, -0.05) is 18.2 Å². The Kier molecular flexibility index (Phi) is 9.67. The van der Waals surface area contributed by atoms with E-state index in [0.29, 0.717) is 13.1 Å². The average molecular weight is 466 g/mol. The first kappa shape index (κ1) is 25.0. The molecule has 0 aliphatic heterocycles. The highest BCUT2D eigenvalue weighted by Gasteiger charge is 2.17. The molecule has 3 N–H and O–H groups in total. The average Bonchev–Trinajstić information content (AvgIpc) is 2.75. The number of fused-ring (bicyclic) bond motifs is 1. The molecule has 0 aliphatic carbocycles. The molecule has 1 atom stereocenters. The quantitative estimate of drug-likeness (QED) is 0.376. The Balaban J connectivity index is 0.00000341. The third-order valence-corrected chi connectivity index (χ3v) is 6.17. The van der Waals surface area contributed by atoms with Crippen LogP contribution in [0, 0.1) is 0 Å². The number of hydrogen-bond acceptors (Lipinski definition) is 6. The van der Waals surface area contributed by atoms with E-state index in [0.717, 1.165) is 28.5 Å². The minimum absolute atomic E-state index is 0. The molecule has 7 nitrogen and oxygen atoms in total. The van der Waals surface area contributed by atoms with Crippen LogP contribution in [0.15, 0.2) is 65.8 Å². The lowest BCUT2D eigenvalue weighted by molar-refractivity contribution is 0.201. The molecular formula is C22H28ClN3O4S. The molecule has 0 radical (unpaired) electrons. The molecule has 0 fully saturated rings. The highest BCUT2D eigenvalue weighted by Crippen LogP contribution is 2.18. The van der Waals surface area contributed by atoms with Crippen molar-refractivity contribution >= 4 is 33.2 Å². The Morgan fingerprint density at radius 1 is 1.13 bits per heavy atom. The van der Waals surface area contributed by atoms with E-state index in [-0.39, 0.29) is 36.6 Å². The van der Waals surface area contributed by atoms with Crippen LogP contribution < -0.4 is 14.8 Å². The topological polar surface area (TPSA) is 101 Å². The zero-order valence-electron chi connectivity index (χ0n) is 17.3. The van der Waals surface area contributed by atoms with E-state index in [2.05, 4.69) is 15.0 Å². The number of aliphatic hydroxyl groups excluding tert-OH is 1. The second kappa shape index (κ2) is 12.0. The molecule has 1 heterocycles. The first-order chi connectivity index (χ1) is 14.5. The van der Waals surface area contributed by atoms with Crippen LogP contribution in [0.25, 0.3) is 10.8 Å². The summed E-state index contributed by atoms with van der Waals surface area (Å²) in [4.78, 5) is 4.29. The summed E-state index contributed by atoms with van der Waals surface area (Å²) in [5.74, 6) is 0.730. The molecular weight excluding hydrogens is 438 g/mol. The summed E-state index contributed by atoms with van der Waals surface area (Å²) < 4.78 is 33.5. The minimum Gasteiger partial charge on any atom is -0.491 e. The van der Waals surface area contributed by atoms with Crippen molar-refractivity contribution in [3.05, 3.63) is 66.5 Å². The molecule has 9 heteroatoms. The lowest BCUT2D eigenvalue weighted by Gasteiger charge is -2.15. The van der Waals surface area contributed by atoms with Crippen molar-refractivity contribution in [1.29, 1.82) is 0 Å². The summed E-state index contributed by atoms with van der Waals surface area (Å²) in [5.41, 5.74) is 1.11. The van der Waals surface area contributed by atoms with Crippen LogP contribution in [-0.4, -0.2) is 50.9 Å². The van der Waals surface area contributed by atoms with Crippen molar-refractivity contribution in [3.8, 4) is 5.75 Å². The lowest BCUT2D eigenvalue weighted by atomic mass is 10.1. The SMILES string of the molecule is C[C@H](CNCCc1cccc(OCCO)c1)NS(=O)(=O)c1ccc2cnccc2c1.Cl. The zero-order chi connectivity index (χ0) is 21.4. The van der Waals surface area contributed by atoms with Crippen LogP contribution in [0.4, 0.5) is 0 Å². The van der Waals surface area contributed by atoms with Gasteiger partial charge in [0.15, 0.2) is 0 Å². The molecule has 3 rings (SSSR count). The van der Waals surface area contributed by atoms with Gasteiger partial charge in [-0.2, -0.15) is 0 Å². The van der Waals surface area contributed by atoms with Gasteiger partial charge in [-0.25, -0.2) is 13.1 Å². The Bertz CT molecular complexity index is 1080. The lowest BCUT2D eigenvalue weighted by Crippen LogP contribution is -2.40. The summed E-state index contributed by atoms with van der Waals surface area (Å²) in [6, 6.07) is 14.3. The van der Waals surface area contributed by atoms with Crippen LogP contribution in [0.3, 0.4) is 0 Å². The summed E-state index contributed by atoms with van der Waals surface area (Å²) in [7, 11) is -3.60. The van der Waals surface area contributed by atoms with Crippen molar-refractivity contribution in [2.75, 3.05) is 26.3 Å². The van der Waals surface area contributed by atoms with Crippen molar-refractivity contribution < 1.29 is 18.3 Å². The van der Waals surface area contributed by atoms with Gasteiger partial charge in [-0.15, -0.1) is 12.4 Å². The van der Waals surface area contributed by atoms with Gasteiger partial charge in [0.1, 0.15) is 12.4 Å². The van der Waals surface area contributed by atoms with Crippen LogP contribution in [0.5, 0.6) is 5.75 Å². The van der Waals surface area contributed by atoms with E-state index in [9.17, 15) is 8.42 Å². The molecule has 0 saturated carbocycles. The van der Waals surface area contributed by atoms with Gasteiger partial charge in [-0.3, -0.25) is 4.98 Å². The van der Waals surface area contributed by atoms with Gasteiger partial charge in [-0.05, 0) is 61.2 Å². The van der Waals surface area contributed by atoms with Crippen LogP contribution in [-0.2, 0) is 16.4 Å². The third-order valence-electron chi connectivity index (χ3n) is 4.58. The van der Waals surface area contributed by atoms with E-state index in [1.165, 1.54) is 0 Å². The normalized spacial score (nSPS) is 12.3. The number of nitrogens with one attached hydrogen (secondary N) is 2. The molecule has 0 unspecified atom stereocenters. The highest BCUT2D eigenvalue weighted by atomic mass is 35.5. The molecule has 31 heavy (non-hydrogen) atoms. The van der Waals surface area contributed by atoms with Crippen LogP contribution in [0.1, 0.15) is 12.5 Å². The van der Waals surface area contributed by atoms with Crippen molar-refractivity contribution in [2.24, 2.45) is 0 Å². The molecule has 0 saturated heterocycles. The Morgan fingerprint density at radius 2 is 1.97 bits per heavy atom. The van der Waals surface area contributed by atoms with Gasteiger partial charge in [0.05, 0.1) is 11.5 Å². The van der Waals surface area contributed by atoms with E-state index in [1.807, 2.05) is 31.2 Å². The number of halogens is 1. The Morgan fingerprint density at radius 3 is 2.77 bits per heavy atom. The number of nitrogens with zero attached hydrogens (tertiary/aromatic N) is 1. The standard InChI is InChI=1S/C22H27N3O4S.ClH/c1-17(15-23-9-7-18-3-2-4-21(13-18)29-12-11-26)25-30(27,28)22-6-5-20-16-24-10-8-19(20)14-22;/h2-6,8,10,13-14,16-17,23,25-26H,7,9,11-12,15H2,1H3;1H/t17-;/m1./s1. The molecule has 2 aromatic carbocycles. The first-order valence-corrected chi connectivity index (χ1v) is 11.4. The Hall–Kier alpha value is -2.23. The second-order valence-corrected chi connectivity index (χ2v) is 8.79. The fraction of sp³-hybridized carbons (Fsp3) is 0.318. The van der Waals surface area contributed by atoms with Gasteiger partial charge < -0.3 is 15.2 Å². The molecule has 0 amide bonds. The van der Waals surface area contributed by atoms with Gasteiger partial charge in [0, 0.05) is 30.4 Å². The molecule has 0 bridgehead atoms. The summed E-state index contributed by atoms with van der Waals surface area (Å²) in [5, 5.41) is 13.9. The molecule has 168 valence electrons. The Labute approximate surface area is 189 Å². The van der Waals surface area contributed by atoms with Crippen LogP contribution >= 0.6 is 12.4 Å². The fourth-order valence-corrected chi connectivity index (χ4v) is 4.39. The highest BCUT2D eigenvalue weighted by molar-refractivity contribution is 7.89. The predicted octanol–water partition coefficient (Wildman–Crippen LogP) is 2.53. The third kappa shape index (κ3) is 7.45. The van der Waals surface area contributed by atoms with E-state index >= 15 is 0 Å². The molecule has 0 spiro atoms.